The van der Waals surface area contributed by atoms with Crippen LogP contribution < -0.4 is 5.32 Å². The van der Waals surface area contributed by atoms with E-state index >= 15 is 0 Å². The maximum atomic E-state index is 10.6. The molecule has 0 aromatic heterocycles. The van der Waals surface area contributed by atoms with Crippen molar-refractivity contribution in [3.05, 3.63) is 0 Å². The Labute approximate surface area is 117 Å². The number of hydrogen-bond acceptors (Lipinski definition) is 3. The molecule has 0 amide bonds. The zero-order valence-corrected chi connectivity index (χ0v) is 12.7. The summed E-state index contributed by atoms with van der Waals surface area (Å²) in [5, 5.41) is 14.4. The number of ether oxygens (including phenoxy) is 1. The number of fused-ring (bicyclic) bond motifs is 2. The van der Waals surface area contributed by atoms with E-state index in [2.05, 4.69) is 26.1 Å². The molecule has 0 radical (unpaired) electrons. The molecule has 2 saturated carbocycles. The molecule has 1 aliphatic heterocycles. The van der Waals surface area contributed by atoms with Gasteiger partial charge in [0.25, 0.3) is 0 Å². The molecule has 0 aromatic rings. The van der Waals surface area contributed by atoms with Crippen LogP contribution in [0.1, 0.15) is 52.9 Å². The molecule has 3 heteroatoms. The maximum absolute atomic E-state index is 10.6. The zero-order chi connectivity index (χ0) is 13.7. The molecular weight excluding hydrogens is 238 g/mol. The quantitative estimate of drug-likeness (QED) is 0.824. The van der Waals surface area contributed by atoms with E-state index in [1.165, 1.54) is 19.3 Å². The molecule has 3 unspecified atom stereocenters. The summed E-state index contributed by atoms with van der Waals surface area (Å²) in [4.78, 5) is 0. The van der Waals surface area contributed by atoms with Gasteiger partial charge >= 0.3 is 0 Å². The van der Waals surface area contributed by atoms with Gasteiger partial charge in [-0.05, 0) is 36.0 Å². The van der Waals surface area contributed by atoms with Crippen LogP contribution in [0.3, 0.4) is 0 Å². The van der Waals surface area contributed by atoms with E-state index in [-0.39, 0.29) is 0 Å². The first-order valence-electron chi connectivity index (χ1n) is 7.89. The molecule has 1 heterocycles. The van der Waals surface area contributed by atoms with E-state index in [1.54, 1.807) is 0 Å². The van der Waals surface area contributed by atoms with Crippen LogP contribution in [0, 0.1) is 16.7 Å². The number of rotatable bonds is 3. The minimum Gasteiger partial charge on any atom is -0.388 e. The molecule has 0 aromatic carbocycles. The summed E-state index contributed by atoms with van der Waals surface area (Å²) in [5.74, 6) is 0.860. The van der Waals surface area contributed by atoms with Crippen molar-refractivity contribution in [2.24, 2.45) is 16.7 Å². The maximum Gasteiger partial charge on any atom is 0.0815 e. The Morgan fingerprint density at radius 3 is 2.42 bits per heavy atom. The monoisotopic (exact) mass is 267 g/mol. The van der Waals surface area contributed by atoms with Crippen LogP contribution in [-0.4, -0.2) is 36.5 Å². The van der Waals surface area contributed by atoms with Crippen LogP contribution in [0.25, 0.3) is 0 Å². The number of nitrogens with one attached hydrogen (secondary N) is 1. The first-order chi connectivity index (χ1) is 8.86. The van der Waals surface area contributed by atoms with E-state index in [9.17, 15) is 5.11 Å². The fourth-order valence-corrected chi connectivity index (χ4v) is 5.03. The van der Waals surface area contributed by atoms with Gasteiger partial charge < -0.3 is 15.2 Å². The molecular formula is C16H29NO2. The Morgan fingerprint density at radius 1 is 1.16 bits per heavy atom. The van der Waals surface area contributed by atoms with Crippen LogP contribution in [0.2, 0.25) is 0 Å². The van der Waals surface area contributed by atoms with Crippen molar-refractivity contribution in [1.29, 1.82) is 0 Å². The Hall–Kier alpha value is -0.120. The Morgan fingerprint density at radius 2 is 1.84 bits per heavy atom. The van der Waals surface area contributed by atoms with Crippen molar-refractivity contribution in [1.82, 2.24) is 5.32 Å². The van der Waals surface area contributed by atoms with Gasteiger partial charge in [-0.3, -0.25) is 0 Å². The molecule has 2 N–H and O–H groups in total. The highest BCUT2D eigenvalue weighted by atomic mass is 16.5. The third-order valence-electron chi connectivity index (χ3n) is 6.33. The van der Waals surface area contributed by atoms with Crippen LogP contribution in [0.5, 0.6) is 0 Å². The highest BCUT2D eigenvalue weighted by Gasteiger charge is 2.59. The summed E-state index contributed by atoms with van der Waals surface area (Å²) >= 11 is 0. The first-order valence-corrected chi connectivity index (χ1v) is 7.89. The third kappa shape index (κ3) is 2.24. The molecule has 0 spiro atoms. The standard InChI is InChI=1S/C16H29NO2/c1-14(2)12-4-5-15(3,10-12)13(14)17-11-16(18)6-8-19-9-7-16/h12-13,17-18H,4-11H2,1-3H3. The van der Waals surface area contributed by atoms with Gasteiger partial charge in [0.05, 0.1) is 5.60 Å². The van der Waals surface area contributed by atoms with E-state index < -0.39 is 5.60 Å². The van der Waals surface area contributed by atoms with Crippen LogP contribution >= 0.6 is 0 Å². The van der Waals surface area contributed by atoms with Gasteiger partial charge in [-0.25, -0.2) is 0 Å². The predicted molar refractivity (Wildman–Crippen MR) is 76.0 cm³/mol. The Balaban J connectivity index is 1.66. The zero-order valence-electron chi connectivity index (χ0n) is 12.7. The molecule has 3 rings (SSSR count). The molecule has 3 fully saturated rings. The summed E-state index contributed by atoms with van der Waals surface area (Å²) in [6.07, 6.45) is 5.64. The summed E-state index contributed by atoms with van der Waals surface area (Å²) in [5.41, 5.74) is 0.261. The molecule has 2 aliphatic carbocycles. The SMILES string of the molecule is CC12CCC(C1)C(C)(C)C2NCC1(O)CCOCC1. The lowest BCUT2D eigenvalue weighted by Gasteiger charge is -2.45. The highest BCUT2D eigenvalue weighted by molar-refractivity contribution is 5.12. The van der Waals surface area contributed by atoms with Crippen LogP contribution in [0.15, 0.2) is 0 Å². The minimum absolute atomic E-state index is 0.370. The second-order valence-electron chi connectivity index (χ2n) is 8.07. The van der Waals surface area contributed by atoms with E-state index in [0.29, 0.717) is 30.1 Å². The summed E-state index contributed by atoms with van der Waals surface area (Å²) in [6, 6.07) is 0.547. The fourth-order valence-electron chi connectivity index (χ4n) is 5.03. The number of hydrogen-bond donors (Lipinski definition) is 2. The van der Waals surface area contributed by atoms with E-state index in [1.807, 2.05) is 0 Å². The summed E-state index contributed by atoms with van der Waals surface area (Å²) in [7, 11) is 0. The molecule has 1 saturated heterocycles. The number of aliphatic hydroxyl groups is 1. The van der Waals surface area contributed by atoms with Crippen molar-refractivity contribution in [3.63, 3.8) is 0 Å². The lowest BCUT2D eigenvalue weighted by atomic mass is 9.68. The second-order valence-corrected chi connectivity index (χ2v) is 8.07. The first kappa shape index (κ1) is 13.8. The highest BCUT2D eigenvalue weighted by Crippen LogP contribution is 2.62. The topological polar surface area (TPSA) is 41.5 Å². The lowest BCUT2D eigenvalue weighted by molar-refractivity contribution is -0.0672. The van der Waals surface area contributed by atoms with Crippen molar-refractivity contribution in [2.75, 3.05) is 19.8 Å². The molecule has 3 nitrogen and oxygen atoms in total. The summed E-state index contributed by atoms with van der Waals surface area (Å²) < 4.78 is 5.36. The van der Waals surface area contributed by atoms with Crippen molar-refractivity contribution >= 4 is 0 Å². The Kier molecular flexibility index (Phi) is 3.23. The van der Waals surface area contributed by atoms with Crippen LogP contribution in [0.4, 0.5) is 0 Å². The normalized spacial score (nSPS) is 43.6. The lowest BCUT2D eigenvalue weighted by Crippen LogP contribution is -2.55. The van der Waals surface area contributed by atoms with Crippen LogP contribution in [-0.2, 0) is 4.74 Å². The largest absolute Gasteiger partial charge is 0.388 e. The molecule has 19 heavy (non-hydrogen) atoms. The van der Waals surface area contributed by atoms with Gasteiger partial charge in [0.15, 0.2) is 0 Å². The van der Waals surface area contributed by atoms with E-state index in [4.69, 9.17) is 4.74 Å². The molecule has 3 aliphatic rings. The smallest absolute Gasteiger partial charge is 0.0815 e. The van der Waals surface area contributed by atoms with Crippen molar-refractivity contribution < 1.29 is 9.84 Å². The van der Waals surface area contributed by atoms with Gasteiger partial charge in [0.2, 0.25) is 0 Å². The minimum atomic E-state index is -0.549. The molecule has 3 atom stereocenters. The average Bonchev–Trinajstić information content (AvgIpc) is 2.80. The van der Waals surface area contributed by atoms with Gasteiger partial charge in [-0.15, -0.1) is 0 Å². The molecule has 2 bridgehead atoms. The van der Waals surface area contributed by atoms with Crippen molar-refractivity contribution in [3.8, 4) is 0 Å². The third-order valence-corrected chi connectivity index (χ3v) is 6.33. The molecule has 110 valence electrons. The second kappa shape index (κ2) is 4.44. The predicted octanol–water partition coefficient (Wildman–Crippen LogP) is 2.33. The fraction of sp³-hybridized carbons (Fsp3) is 1.00. The van der Waals surface area contributed by atoms with E-state index in [0.717, 1.165) is 25.3 Å². The van der Waals surface area contributed by atoms with Gasteiger partial charge in [0.1, 0.15) is 0 Å². The summed E-state index contributed by atoms with van der Waals surface area (Å²) in [6.45, 7) is 9.39. The Bertz CT molecular complexity index is 344. The average molecular weight is 267 g/mol. The van der Waals surface area contributed by atoms with Gasteiger partial charge in [-0.2, -0.15) is 0 Å². The van der Waals surface area contributed by atoms with Gasteiger partial charge in [0, 0.05) is 38.6 Å². The van der Waals surface area contributed by atoms with Gasteiger partial charge in [-0.1, -0.05) is 20.8 Å². The van der Waals surface area contributed by atoms with Crippen molar-refractivity contribution in [2.45, 2.75) is 64.5 Å².